The largest absolute Gasteiger partial charge is 0.493 e. The topological polar surface area (TPSA) is 193 Å². The van der Waals surface area contributed by atoms with Crippen LogP contribution in [0.3, 0.4) is 0 Å². The number of para-hydroxylation sites is 2. The molecule has 0 aliphatic carbocycles. The van der Waals surface area contributed by atoms with Crippen molar-refractivity contribution in [2.75, 3.05) is 75.0 Å². The van der Waals surface area contributed by atoms with Gasteiger partial charge >= 0.3 is 5.97 Å². The summed E-state index contributed by atoms with van der Waals surface area (Å²) in [7, 11) is 1.53. The molecule has 378 valence electrons. The smallest absolute Gasteiger partial charge is 0.358 e. The summed E-state index contributed by atoms with van der Waals surface area (Å²) in [6.45, 7) is 5.23. The third kappa shape index (κ3) is 10.4. The van der Waals surface area contributed by atoms with Crippen molar-refractivity contribution in [2.45, 2.75) is 58.4 Å². The Balaban J connectivity index is 0.774. The average Bonchev–Trinajstić information content (AvgIpc) is 3.97. The van der Waals surface area contributed by atoms with Crippen LogP contribution in [0.15, 0.2) is 96.0 Å². The lowest BCUT2D eigenvalue weighted by atomic mass is 10.1. The number of hydrogen-bond donors (Lipinski definition) is 1. The number of imide groups is 1. The van der Waals surface area contributed by atoms with Crippen LogP contribution < -0.4 is 34.1 Å². The number of rotatable bonds is 20. The predicted octanol–water partition coefficient (Wildman–Crippen LogP) is 6.73. The normalized spacial score (nSPS) is 18.2. The summed E-state index contributed by atoms with van der Waals surface area (Å²) in [4.78, 5) is 77.1. The number of methoxy groups -OCH3 is 1. The van der Waals surface area contributed by atoms with Gasteiger partial charge in [0.05, 0.1) is 74.7 Å². The van der Waals surface area contributed by atoms with Crippen molar-refractivity contribution in [1.29, 1.82) is 0 Å². The Labute approximate surface area is 421 Å². The van der Waals surface area contributed by atoms with Crippen LogP contribution in [0.5, 0.6) is 23.0 Å². The number of carbonyl (C=O) groups is 5. The molecule has 0 saturated carbocycles. The lowest BCUT2D eigenvalue weighted by Gasteiger charge is -2.22. The number of carbonyl (C=O) groups excluding carboxylic acids is 5. The molecular weight excluding hydrogens is 939 g/mol. The molecule has 0 radical (unpaired) electrons. The number of fused-ring (bicyclic) bond motifs is 8. The van der Waals surface area contributed by atoms with E-state index < -0.39 is 30.3 Å². The zero-order valence-electron chi connectivity index (χ0n) is 40.8. The summed E-state index contributed by atoms with van der Waals surface area (Å²) < 4.78 is 41.4. The van der Waals surface area contributed by atoms with Crippen LogP contribution in [0.1, 0.15) is 61.9 Å². The number of benzene rings is 5. The maximum absolute atomic E-state index is 14.0. The van der Waals surface area contributed by atoms with Crippen molar-refractivity contribution >= 4 is 58.6 Å². The third-order valence-electron chi connectivity index (χ3n) is 13.3. The Morgan fingerprint density at radius 2 is 1.34 bits per heavy atom. The highest BCUT2D eigenvalue weighted by atomic mass is 16.7. The second-order valence-electron chi connectivity index (χ2n) is 18.4. The first kappa shape index (κ1) is 48.8. The quantitative estimate of drug-likeness (QED) is 0.0638. The number of hydroxylamine groups is 2. The minimum Gasteiger partial charge on any atom is -0.493 e. The zero-order chi connectivity index (χ0) is 50.6. The fraction of sp³-hybridized carbons (Fsp3) is 0.345. The lowest BCUT2D eigenvalue weighted by Crippen LogP contribution is -2.39. The van der Waals surface area contributed by atoms with Crippen molar-refractivity contribution in [1.82, 2.24) is 5.06 Å². The molecule has 0 aromatic heterocycles. The van der Waals surface area contributed by atoms with Crippen LogP contribution in [0.25, 0.3) is 0 Å². The molecule has 3 atom stereocenters. The molecule has 18 heteroatoms. The van der Waals surface area contributed by atoms with Crippen LogP contribution >= 0.6 is 0 Å². The number of aryl methyl sites for hydroxylation is 1. The van der Waals surface area contributed by atoms with Gasteiger partial charge in [-0.05, 0) is 83.6 Å². The average molecular weight is 994 g/mol. The van der Waals surface area contributed by atoms with E-state index in [2.05, 4.69) is 11.4 Å². The van der Waals surface area contributed by atoms with E-state index in [1.165, 1.54) is 12.7 Å². The Morgan fingerprint density at radius 1 is 0.685 bits per heavy atom. The molecule has 1 unspecified atom stereocenters. The van der Waals surface area contributed by atoms with Crippen molar-refractivity contribution in [3.05, 3.63) is 130 Å². The zero-order valence-corrected chi connectivity index (χ0v) is 40.8. The van der Waals surface area contributed by atoms with Crippen LogP contribution in [0, 0.1) is 12.8 Å². The Morgan fingerprint density at radius 3 is 2.05 bits per heavy atom. The molecule has 10 rings (SSSR count). The van der Waals surface area contributed by atoms with Gasteiger partial charge in [-0.1, -0.05) is 43.3 Å². The van der Waals surface area contributed by atoms with Gasteiger partial charge in [0.25, 0.3) is 23.6 Å². The van der Waals surface area contributed by atoms with Crippen molar-refractivity contribution in [2.24, 2.45) is 10.9 Å². The number of amides is 4. The van der Waals surface area contributed by atoms with E-state index in [0.29, 0.717) is 57.8 Å². The molecule has 5 heterocycles. The van der Waals surface area contributed by atoms with E-state index in [9.17, 15) is 24.0 Å². The highest BCUT2D eigenvalue weighted by Gasteiger charge is 2.40. The number of ether oxygens (including phenoxy) is 7. The van der Waals surface area contributed by atoms with E-state index in [4.69, 9.17) is 43.0 Å². The first-order chi connectivity index (χ1) is 35.5. The van der Waals surface area contributed by atoms with Crippen LogP contribution in [-0.4, -0.2) is 113 Å². The minimum absolute atomic E-state index is 0.00201. The first-order valence-electron chi connectivity index (χ1n) is 24.3. The van der Waals surface area contributed by atoms with E-state index in [0.717, 1.165) is 45.7 Å². The molecule has 73 heavy (non-hydrogen) atoms. The molecule has 1 N–H and O–H groups in total. The third-order valence-corrected chi connectivity index (χ3v) is 13.3. The van der Waals surface area contributed by atoms with Gasteiger partial charge in [0.1, 0.15) is 37.9 Å². The maximum atomic E-state index is 14.0. The molecule has 1 fully saturated rings. The molecule has 0 spiro atoms. The number of nitrogens with zero attached hydrogens (tertiary/aromatic N) is 4. The number of nitrogens with one attached hydrogen (secondary N) is 1. The second-order valence-corrected chi connectivity index (χ2v) is 18.4. The SMILES string of the molecule is COc1cc2c(cc1OCc1cc(COc3cc4c(cc3C)C(=O)N3c5ccccc5C[C@@H]3CN4)cc(OCCOCCOCCOCC(=O)ON3C(=O)CC(C)C3=O)c1)N=C[C@@H]1Cc3ccccc3N1C2=O. The molecule has 5 aliphatic heterocycles. The maximum Gasteiger partial charge on any atom is 0.358 e. The Bertz CT molecular complexity index is 3000. The summed E-state index contributed by atoms with van der Waals surface area (Å²) >= 11 is 0. The van der Waals surface area contributed by atoms with E-state index in [1.54, 1.807) is 24.0 Å². The summed E-state index contributed by atoms with van der Waals surface area (Å²) in [6.07, 6.45) is 3.28. The summed E-state index contributed by atoms with van der Waals surface area (Å²) in [5.41, 5.74) is 8.70. The van der Waals surface area contributed by atoms with E-state index in [-0.39, 0.29) is 83.2 Å². The van der Waals surface area contributed by atoms with Gasteiger partial charge in [-0.3, -0.25) is 29.1 Å². The molecular formula is C55H55N5O13. The van der Waals surface area contributed by atoms with Crippen molar-refractivity contribution < 1.29 is 62.0 Å². The van der Waals surface area contributed by atoms with Crippen LogP contribution in [0.2, 0.25) is 0 Å². The molecule has 5 aromatic rings. The fourth-order valence-electron chi connectivity index (χ4n) is 9.71. The van der Waals surface area contributed by atoms with E-state index >= 15 is 0 Å². The van der Waals surface area contributed by atoms with Gasteiger partial charge < -0.3 is 48.2 Å². The molecule has 5 aromatic carbocycles. The van der Waals surface area contributed by atoms with Gasteiger partial charge in [-0.25, -0.2) is 4.79 Å². The van der Waals surface area contributed by atoms with Gasteiger partial charge in [-0.2, -0.15) is 0 Å². The van der Waals surface area contributed by atoms with Gasteiger partial charge in [0.2, 0.25) is 0 Å². The van der Waals surface area contributed by atoms with Gasteiger partial charge in [0, 0.05) is 55.0 Å². The standard InChI is InChI=1S/C55H55N5O13/c1-33-18-42-44(56-28-39-23-37-8-4-6-10-46(37)58(39)54(42)64)26-48(33)71-30-35-20-36(22-41(21-35)70-17-16-68-13-12-67-14-15-69-32-52(62)73-60-51(61)19-34(2)53(60)63)31-72-50-27-45-43(25-49(50)66-3)55(65)59-40(29-57-45)24-38-9-5-7-11-47(38)59/h4-11,18,20-22,25-27,29,34,39-40,56H,12-17,19,23-24,28,30-32H2,1-3H3/t34?,39-,40+/m1/s1. The highest BCUT2D eigenvalue weighted by molar-refractivity contribution is 6.15. The van der Waals surface area contributed by atoms with Crippen LogP contribution in [-0.2, 0) is 59.5 Å². The number of aliphatic imine (C=N–C) groups is 1. The van der Waals surface area contributed by atoms with Crippen molar-refractivity contribution in [3.63, 3.8) is 0 Å². The number of anilines is 3. The fourth-order valence-corrected chi connectivity index (χ4v) is 9.71. The summed E-state index contributed by atoms with van der Waals surface area (Å²) in [6, 6.07) is 28.7. The van der Waals surface area contributed by atoms with Crippen LogP contribution in [0.4, 0.5) is 22.7 Å². The van der Waals surface area contributed by atoms with Crippen molar-refractivity contribution in [3.8, 4) is 23.0 Å². The first-order valence-corrected chi connectivity index (χ1v) is 24.3. The van der Waals surface area contributed by atoms with Gasteiger partial charge in [-0.15, -0.1) is 5.06 Å². The molecule has 0 bridgehead atoms. The molecule has 1 saturated heterocycles. The molecule has 18 nitrogen and oxygen atoms in total. The Hall–Kier alpha value is -7.80. The second kappa shape index (κ2) is 21.5. The van der Waals surface area contributed by atoms with Gasteiger partial charge in [0.15, 0.2) is 11.5 Å². The summed E-state index contributed by atoms with van der Waals surface area (Å²) in [5, 5.41) is 4.01. The van der Waals surface area contributed by atoms with E-state index in [1.807, 2.05) is 90.8 Å². The lowest BCUT2D eigenvalue weighted by molar-refractivity contribution is -0.201. The summed E-state index contributed by atoms with van der Waals surface area (Å²) in [5.74, 6) is -0.710. The Kier molecular flexibility index (Phi) is 14.4. The molecule has 4 amide bonds. The minimum atomic E-state index is -0.855. The highest BCUT2D eigenvalue weighted by Crippen LogP contribution is 2.42. The monoisotopic (exact) mass is 993 g/mol. The molecule has 5 aliphatic rings. The predicted molar refractivity (Wildman–Crippen MR) is 267 cm³/mol. The number of hydrogen-bond acceptors (Lipinski definition) is 15.